The van der Waals surface area contributed by atoms with Crippen LogP contribution in [0.3, 0.4) is 0 Å². The van der Waals surface area contributed by atoms with Gasteiger partial charge in [-0.2, -0.15) is 0 Å². The maximum Gasteiger partial charge on any atom is 0.175 e. The summed E-state index contributed by atoms with van der Waals surface area (Å²) >= 11 is 0. The van der Waals surface area contributed by atoms with Crippen LogP contribution in [0.25, 0.3) is 0 Å². The van der Waals surface area contributed by atoms with Gasteiger partial charge in [-0.1, -0.05) is 0 Å². The minimum Gasteiger partial charge on any atom is -0.354 e. The average molecular weight is 148 g/mol. The number of nitrogens with two attached hydrogens (primary N) is 2. The highest BCUT2D eigenvalue weighted by atomic mass is 16.7. The minimum atomic E-state index is -0.608. The summed E-state index contributed by atoms with van der Waals surface area (Å²) in [4.78, 5) is 0. The topological polar surface area (TPSA) is 70.5 Å². The van der Waals surface area contributed by atoms with Crippen LogP contribution >= 0.6 is 0 Å². The number of rotatable bonds is 4. The monoisotopic (exact) mass is 148 g/mol. The second-order valence-corrected chi connectivity index (χ2v) is 2.51. The molecule has 0 aromatic heterocycles. The van der Waals surface area contributed by atoms with Crippen LogP contribution in [-0.2, 0) is 9.47 Å². The molecular weight excluding hydrogens is 132 g/mol. The molecule has 0 aromatic rings. The van der Waals surface area contributed by atoms with E-state index in [1.54, 1.807) is 6.92 Å². The Hall–Kier alpha value is -0.160. The van der Waals surface area contributed by atoms with Crippen molar-refractivity contribution in [2.45, 2.75) is 18.8 Å². The van der Waals surface area contributed by atoms with Gasteiger partial charge in [0, 0.05) is 20.8 Å². The van der Waals surface area contributed by atoms with Gasteiger partial charge < -0.3 is 20.9 Å². The molecule has 10 heavy (non-hydrogen) atoms. The van der Waals surface area contributed by atoms with Gasteiger partial charge in [0.1, 0.15) is 0 Å². The first kappa shape index (κ1) is 9.84. The SMILES string of the molecule is COC(OC)C(C)(N)CN. The number of hydrogen-bond donors (Lipinski definition) is 2. The van der Waals surface area contributed by atoms with Crippen LogP contribution in [0.2, 0.25) is 0 Å². The summed E-state index contributed by atoms with van der Waals surface area (Å²) in [6.07, 6.45) is -0.433. The Kier molecular flexibility index (Phi) is 3.81. The molecule has 0 aromatic carbocycles. The summed E-state index contributed by atoms with van der Waals surface area (Å²) in [6, 6.07) is 0. The Morgan fingerprint density at radius 2 is 1.80 bits per heavy atom. The van der Waals surface area contributed by atoms with Crippen LogP contribution in [0, 0.1) is 0 Å². The van der Waals surface area contributed by atoms with E-state index in [0.29, 0.717) is 6.54 Å². The van der Waals surface area contributed by atoms with E-state index in [2.05, 4.69) is 0 Å². The van der Waals surface area contributed by atoms with Gasteiger partial charge in [0.25, 0.3) is 0 Å². The predicted octanol–water partition coefficient (Wildman–Crippen LogP) is -0.719. The van der Waals surface area contributed by atoms with Gasteiger partial charge in [-0.3, -0.25) is 0 Å². The molecule has 0 saturated heterocycles. The van der Waals surface area contributed by atoms with Gasteiger partial charge >= 0.3 is 0 Å². The van der Waals surface area contributed by atoms with Crippen molar-refractivity contribution >= 4 is 0 Å². The third kappa shape index (κ3) is 2.22. The molecule has 0 heterocycles. The van der Waals surface area contributed by atoms with E-state index in [9.17, 15) is 0 Å². The van der Waals surface area contributed by atoms with Crippen molar-refractivity contribution in [2.75, 3.05) is 20.8 Å². The van der Waals surface area contributed by atoms with E-state index in [1.807, 2.05) is 0 Å². The van der Waals surface area contributed by atoms with Crippen molar-refractivity contribution < 1.29 is 9.47 Å². The zero-order valence-electron chi connectivity index (χ0n) is 6.76. The molecule has 4 heteroatoms. The van der Waals surface area contributed by atoms with E-state index in [-0.39, 0.29) is 0 Å². The summed E-state index contributed by atoms with van der Waals surface area (Å²) in [6.45, 7) is 2.12. The lowest BCUT2D eigenvalue weighted by Crippen LogP contribution is -2.55. The molecule has 62 valence electrons. The molecule has 0 spiro atoms. The fourth-order valence-electron chi connectivity index (χ4n) is 0.731. The van der Waals surface area contributed by atoms with Crippen LogP contribution in [-0.4, -0.2) is 32.6 Å². The molecule has 0 aliphatic carbocycles. The maximum atomic E-state index is 5.71. The lowest BCUT2D eigenvalue weighted by molar-refractivity contribution is -0.139. The molecule has 0 aliphatic heterocycles. The summed E-state index contributed by atoms with van der Waals surface area (Å²) in [5.41, 5.74) is 10.5. The van der Waals surface area contributed by atoms with Gasteiger partial charge in [-0.25, -0.2) is 0 Å². The Morgan fingerprint density at radius 3 is 1.90 bits per heavy atom. The fourth-order valence-corrected chi connectivity index (χ4v) is 0.731. The average Bonchev–Trinajstić information content (AvgIpc) is 1.90. The van der Waals surface area contributed by atoms with Crippen LogP contribution in [0.1, 0.15) is 6.92 Å². The molecular formula is C6H16N2O2. The third-order valence-electron chi connectivity index (χ3n) is 1.41. The zero-order valence-corrected chi connectivity index (χ0v) is 6.76. The number of ether oxygens (including phenoxy) is 2. The highest BCUT2D eigenvalue weighted by Crippen LogP contribution is 2.07. The fraction of sp³-hybridized carbons (Fsp3) is 1.00. The smallest absolute Gasteiger partial charge is 0.175 e. The lowest BCUT2D eigenvalue weighted by atomic mass is 10.0. The Morgan fingerprint density at radius 1 is 1.40 bits per heavy atom. The molecule has 4 nitrogen and oxygen atoms in total. The van der Waals surface area contributed by atoms with Crippen LogP contribution in [0.15, 0.2) is 0 Å². The first-order chi connectivity index (χ1) is 4.58. The summed E-state index contributed by atoms with van der Waals surface area (Å²) in [5.74, 6) is 0. The van der Waals surface area contributed by atoms with Crippen molar-refractivity contribution in [3.8, 4) is 0 Å². The van der Waals surface area contributed by atoms with Crippen molar-refractivity contribution in [1.82, 2.24) is 0 Å². The molecule has 1 unspecified atom stereocenters. The van der Waals surface area contributed by atoms with Gasteiger partial charge in [-0.15, -0.1) is 0 Å². The summed E-state index contributed by atoms with van der Waals surface area (Å²) in [5, 5.41) is 0. The van der Waals surface area contributed by atoms with Crippen LogP contribution in [0.4, 0.5) is 0 Å². The van der Waals surface area contributed by atoms with Gasteiger partial charge in [0.05, 0.1) is 5.54 Å². The van der Waals surface area contributed by atoms with Gasteiger partial charge in [0.2, 0.25) is 0 Å². The normalized spacial score (nSPS) is 17.4. The molecule has 0 amide bonds. The molecule has 0 rings (SSSR count). The van der Waals surface area contributed by atoms with E-state index in [0.717, 1.165) is 0 Å². The van der Waals surface area contributed by atoms with Crippen LogP contribution in [0.5, 0.6) is 0 Å². The first-order valence-corrected chi connectivity index (χ1v) is 3.13. The van der Waals surface area contributed by atoms with E-state index < -0.39 is 11.8 Å². The standard InChI is InChI=1S/C6H16N2O2/c1-6(8,4-7)5(9-2)10-3/h5H,4,7-8H2,1-3H3. The van der Waals surface area contributed by atoms with Crippen LogP contribution < -0.4 is 11.5 Å². The molecule has 0 aliphatic rings. The number of methoxy groups -OCH3 is 2. The van der Waals surface area contributed by atoms with E-state index in [4.69, 9.17) is 20.9 Å². The molecule has 0 fully saturated rings. The first-order valence-electron chi connectivity index (χ1n) is 3.13. The number of hydrogen-bond acceptors (Lipinski definition) is 4. The highest BCUT2D eigenvalue weighted by molar-refractivity contribution is 4.83. The quantitative estimate of drug-likeness (QED) is 0.516. The zero-order chi connectivity index (χ0) is 8.20. The highest BCUT2D eigenvalue weighted by Gasteiger charge is 2.28. The van der Waals surface area contributed by atoms with E-state index >= 15 is 0 Å². The van der Waals surface area contributed by atoms with Crippen molar-refractivity contribution in [2.24, 2.45) is 11.5 Å². The van der Waals surface area contributed by atoms with Crippen molar-refractivity contribution in [3.05, 3.63) is 0 Å². The summed E-state index contributed by atoms with van der Waals surface area (Å²) in [7, 11) is 3.07. The van der Waals surface area contributed by atoms with Gasteiger partial charge in [-0.05, 0) is 6.92 Å². The van der Waals surface area contributed by atoms with E-state index in [1.165, 1.54) is 14.2 Å². The molecule has 1 atom stereocenters. The lowest BCUT2D eigenvalue weighted by Gasteiger charge is -2.30. The molecule has 0 saturated carbocycles. The molecule has 0 radical (unpaired) electrons. The second kappa shape index (κ2) is 3.88. The Labute approximate surface area is 61.5 Å². The van der Waals surface area contributed by atoms with Gasteiger partial charge in [0.15, 0.2) is 6.29 Å². The molecule has 4 N–H and O–H groups in total. The molecule has 0 bridgehead atoms. The van der Waals surface area contributed by atoms with Crippen molar-refractivity contribution in [1.29, 1.82) is 0 Å². The largest absolute Gasteiger partial charge is 0.354 e. The van der Waals surface area contributed by atoms with Crippen molar-refractivity contribution in [3.63, 3.8) is 0 Å². The third-order valence-corrected chi connectivity index (χ3v) is 1.41. The maximum absolute atomic E-state index is 5.71. The summed E-state index contributed by atoms with van der Waals surface area (Å²) < 4.78 is 9.86. The minimum absolute atomic E-state index is 0.333. The predicted molar refractivity (Wildman–Crippen MR) is 39.5 cm³/mol. The second-order valence-electron chi connectivity index (χ2n) is 2.51. The Bertz CT molecular complexity index is 91.7. The Balaban J connectivity index is 3.97.